The summed E-state index contributed by atoms with van der Waals surface area (Å²) < 4.78 is 31.3. The highest BCUT2D eigenvalue weighted by Gasteiger charge is 2.18. The first-order valence-corrected chi connectivity index (χ1v) is 5.69. The standard InChI is InChI=1S/C13H13F2NO2/c1-3-16-7(2)13(17)8-4-10(14)9-6-12(15)18-11(9)5-8/h4-7,16H,3H2,1-2H3. The van der Waals surface area contributed by atoms with Gasteiger partial charge >= 0.3 is 0 Å². The fourth-order valence-corrected chi connectivity index (χ4v) is 1.86. The summed E-state index contributed by atoms with van der Waals surface area (Å²) in [4.78, 5) is 12.0. The molecule has 0 bridgehead atoms. The number of benzene rings is 1. The molecule has 1 aromatic carbocycles. The summed E-state index contributed by atoms with van der Waals surface area (Å²) in [7, 11) is 0. The second kappa shape index (κ2) is 4.86. The first kappa shape index (κ1) is 12.7. The fourth-order valence-electron chi connectivity index (χ4n) is 1.86. The zero-order chi connectivity index (χ0) is 13.3. The van der Waals surface area contributed by atoms with Crippen LogP contribution in [-0.2, 0) is 0 Å². The highest BCUT2D eigenvalue weighted by molar-refractivity contribution is 6.02. The van der Waals surface area contributed by atoms with Gasteiger partial charge in [0.2, 0.25) is 0 Å². The summed E-state index contributed by atoms with van der Waals surface area (Å²) >= 11 is 0. The summed E-state index contributed by atoms with van der Waals surface area (Å²) in [5, 5.41) is 2.98. The largest absolute Gasteiger partial charge is 0.431 e. The number of furan rings is 1. The number of likely N-dealkylation sites (N-methyl/N-ethyl adjacent to an activating group) is 1. The molecule has 0 fully saturated rings. The minimum Gasteiger partial charge on any atom is -0.431 e. The lowest BCUT2D eigenvalue weighted by Gasteiger charge is -2.10. The van der Waals surface area contributed by atoms with Crippen LogP contribution in [0.1, 0.15) is 24.2 Å². The summed E-state index contributed by atoms with van der Waals surface area (Å²) in [6.45, 7) is 4.19. The highest BCUT2D eigenvalue weighted by Crippen LogP contribution is 2.23. The molecule has 1 N–H and O–H groups in total. The van der Waals surface area contributed by atoms with Gasteiger partial charge < -0.3 is 9.73 Å². The lowest BCUT2D eigenvalue weighted by molar-refractivity contribution is 0.0951. The molecule has 0 aliphatic rings. The summed E-state index contributed by atoms with van der Waals surface area (Å²) in [5.74, 6) is -0.915. The Morgan fingerprint density at radius 3 is 2.78 bits per heavy atom. The molecule has 0 saturated carbocycles. The molecule has 2 rings (SSSR count). The summed E-state index contributed by atoms with van der Waals surface area (Å²) in [6, 6.07) is 2.14. The molecule has 0 amide bonds. The average Bonchev–Trinajstić information content (AvgIpc) is 2.69. The Balaban J connectivity index is 2.42. The minimum atomic E-state index is -0.867. The van der Waals surface area contributed by atoms with Crippen molar-refractivity contribution < 1.29 is 18.0 Å². The van der Waals surface area contributed by atoms with E-state index in [1.165, 1.54) is 6.07 Å². The molecular weight excluding hydrogens is 240 g/mol. The van der Waals surface area contributed by atoms with Gasteiger partial charge in [0.05, 0.1) is 11.4 Å². The Morgan fingerprint density at radius 2 is 2.11 bits per heavy atom. The fraction of sp³-hybridized carbons (Fsp3) is 0.308. The van der Waals surface area contributed by atoms with Gasteiger partial charge in [-0.25, -0.2) is 4.39 Å². The normalized spacial score (nSPS) is 12.9. The number of Topliss-reactive ketones (excluding diaryl/α,β-unsaturated/α-hetero) is 1. The molecule has 1 unspecified atom stereocenters. The van der Waals surface area contributed by atoms with Crippen LogP contribution in [0, 0.1) is 11.8 Å². The van der Waals surface area contributed by atoms with Crippen LogP contribution in [0.4, 0.5) is 8.78 Å². The van der Waals surface area contributed by atoms with Crippen LogP contribution >= 0.6 is 0 Å². The smallest absolute Gasteiger partial charge is 0.278 e. The molecule has 5 heteroatoms. The van der Waals surface area contributed by atoms with Crippen molar-refractivity contribution in [2.75, 3.05) is 6.54 Å². The van der Waals surface area contributed by atoms with E-state index in [0.717, 1.165) is 12.1 Å². The monoisotopic (exact) mass is 253 g/mol. The highest BCUT2D eigenvalue weighted by atomic mass is 19.1. The number of fused-ring (bicyclic) bond motifs is 1. The predicted molar refractivity (Wildman–Crippen MR) is 63.6 cm³/mol. The number of hydrogen-bond donors (Lipinski definition) is 1. The van der Waals surface area contributed by atoms with Gasteiger partial charge in [-0.2, -0.15) is 4.39 Å². The minimum absolute atomic E-state index is 0.0412. The average molecular weight is 253 g/mol. The number of ketones is 1. The van der Waals surface area contributed by atoms with Gasteiger partial charge in [0, 0.05) is 11.6 Å². The Labute approximate surface area is 103 Å². The van der Waals surface area contributed by atoms with Crippen molar-refractivity contribution in [2.45, 2.75) is 19.9 Å². The van der Waals surface area contributed by atoms with E-state index in [0.29, 0.717) is 6.54 Å². The number of carbonyl (C=O) groups is 1. The molecule has 1 aromatic heterocycles. The number of carbonyl (C=O) groups excluding carboxylic acids is 1. The lowest BCUT2D eigenvalue weighted by Crippen LogP contribution is -2.33. The van der Waals surface area contributed by atoms with E-state index >= 15 is 0 Å². The van der Waals surface area contributed by atoms with Gasteiger partial charge in [-0.15, -0.1) is 0 Å². The van der Waals surface area contributed by atoms with E-state index in [1.807, 2.05) is 6.92 Å². The first-order valence-electron chi connectivity index (χ1n) is 5.69. The second-order valence-electron chi connectivity index (χ2n) is 4.06. The number of rotatable bonds is 4. The third-order valence-corrected chi connectivity index (χ3v) is 2.74. The maximum Gasteiger partial charge on any atom is 0.278 e. The Morgan fingerprint density at radius 1 is 1.39 bits per heavy atom. The molecule has 0 radical (unpaired) electrons. The zero-order valence-electron chi connectivity index (χ0n) is 10.1. The van der Waals surface area contributed by atoms with Crippen molar-refractivity contribution >= 4 is 16.8 Å². The van der Waals surface area contributed by atoms with Gasteiger partial charge in [0.1, 0.15) is 11.4 Å². The Hall–Kier alpha value is -1.75. The number of nitrogens with one attached hydrogen (secondary N) is 1. The van der Waals surface area contributed by atoms with Crippen LogP contribution in [0.25, 0.3) is 11.0 Å². The SMILES string of the molecule is CCNC(C)C(=O)c1cc(F)c2cc(F)oc2c1. The van der Waals surface area contributed by atoms with Crippen LogP contribution < -0.4 is 5.32 Å². The van der Waals surface area contributed by atoms with E-state index in [-0.39, 0.29) is 22.3 Å². The molecule has 96 valence electrons. The zero-order valence-corrected chi connectivity index (χ0v) is 10.1. The lowest BCUT2D eigenvalue weighted by atomic mass is 10.0. The molecule has 18 heavy (non-hydrogen) atoms. The van der Waals surface area contributed by atoms with Crippen molar-refractivity contribution in [3.8, 4) is 0 Å². The van der Waals surface area contributed by atoms with E-state index in [4.69, 9.17) is 4.42 Å². The molecule has 0 aliphatic heterocycles. The van der Waals surface area contributed by atoms with Crippen molar-refractivity contribution in [1.82, 2.24) is 5.32 Å². The topological polar surface area (TPSA) is 42.2 Å². The van der Waals surface area contributed by atoms with Crippen molar-refractivity contribution in [3.63, 3.8) is 0 Å². The van der Waals surface area contributed by atoms with Crippen molar-refractivity contribution in [2.24, 2.45) is 0 Å². The Bertz CT molecular complexity index is 592. The molecule has 0 spiro atoms. The third-order valence-electron chi connectivity index (χ3n) is 2.74. The van der Waals surface area contributed by atoms with E-state index in [9.17, 15) is 13.6 Å². The van der Waals surface area contributed by atoms with Crippen LogP contribution in [0.3, 0.4) is 0 Å². The molecule has 0 saturated heterocycles. The predicted octanol–water partition coefficient (Wildman–Crippen LogP) is 2.89. The molecule has 1 atom stereocenters. The van der Waals surface area contributed by atoms with Crippen LogP contribution in [0.5, 0.6) is 0 Å². The third kappa shape index (κ3) is 2.26. The molecular formula is C13H13F2NO2. The van der Waals surface area contributed by atoms with Gasteiger partial charge in [0.15, 0.2) is 5.78 Å². The maximum atomic E-state index is 13.7. The maximum absolute atomic E-state index is 13.7. The molecule has 1 heterocycles. The molecule has 0 aliphatic carbocycles. The summed E-state index contributed by atoms with van der Waals surface area (Å²) in [5.41, 5.74) is 0.211. The van der Waals surface area contributed by atoms with Crippen LogP contribution in [-0.4, -0.2) is 18.4 Å². The molecule has 3 nitrogen and oxygen atoms in total. The van der Waals surface area contributed by atoms with Crippen molar-refractivity contribution in [3.05, 3.63) is 35.6 Å². The number of hydrogen-bond acceptors (Lipinski definition) is 3. The van der Waals surface area contributed by atoms with E-state index < -0.39 is 17.9 Å². The quantitative estimate of drug-likeness (QED) is 0.852. The van der Waals surface area contributed by atoms with Crippen molar-refractivity contribution in [1.29, 1.82) is 0 Å². The van der Waals surface area contributed by atoms with Crippen LogP contribution in [0.15, 0.2) is 22.6 Å². The molecule has 2 aromatic rings. The van der Waals surface area contributed by atoms with E-state index in [2.05, 4.69) is 5.32 Å². The van der Waals surface area contributed by atoms with Gasteiger partial charge in [-0.1, -0.05) is 6.92 Å². The van der Waals surface area contributed by atoms with Crippen LogP contribution in [0.2, 0.25) is 0 Å². The first-order chi connectivity index (χ1) is 8.52. The summed E-state index contributed by atoms with van der Waals surface area (Å²) in [6.07, 6.45) is 0. The van der Waals surface area contributed by atoms with Gasteiger partial charge in [0.25, 0.3) is 6.01 Å². The number of halogens is 2. The van der Waals surface area contributed by atoms with Gasteiger partial charge in [-0.3, -0.25) is 4.79 Å². The second-order valence-corrected chi connectivity index (χ2v) is 4.06. The van der Waals surface area contributed by atoms with Gasteiger partial charge in [-0.05, 0) is 25.6 Å². The Kier molecular flexibility index (Phi) is 3.43. The van der Waals surface area contributed by atoms with E-state index in [1.54, 1.807) is 6.92 Å².